The first-order valence-corrected chi connectivity index (χ1v) is 13.2. The van der Waals surface area contributed by atoms with E-state index in [0.29, 0.717) is 18.7 Å². The lowest BCUT2D eigenvalue weighted by atomic mass is 9.78. The first-order valence-electron chi connectivity index (χ1n) is 12.9. The summed E-state index contributed by atoms with van der Waals surface area (Å²) in [6.07, 6.45) is 5.64. The summed E-state index contributed by atoms with van der Waals surface area (Å²) < 4.78 is 25.8. The van der Waals surface area contributed by atoms with Crippen LogP contribution in [-0.4, -0.2) is 67.8 Å². The van der Waals surface area contributed by atoms with Crippen molar-refractivity contribution in [3.8, 4) is 0 Å². The summed E-state index contributed by atoms with van der Waals surface area (Å²) in [6.45, 7) is 3.27. The van der Waals surface area contributed by atoms with Crippen LogP contribution in [0.2, 0.25) is 5.02 Å². The number of halogens is 2. The van der Waals surface area contributed by atoms with Gasteiger partial charge in [0.15, 0.2) is 0 Å². The van der Waals surface area contributed by atoms with Gasteiger partial charge in [0.25, 0.3) is 5.91 Å². The summed E-state index contributed by atoms with van der Waals surface area (Å²) >= 11 is 6.13. The van der Waals surface area contributed by atoms with Crippen LogP contribution in [0.3, 0.4) is 0 Å². The molecule has 2 aromatic carbocycles. The van der Waals surface area contributed by atoms with Crippen molar-refractivity contribution >= 4 is 29.2 Å². The second-order valence-corrected chi connectivity index (χ2v) is 10.3. The molecule has 3 heterocycles. The van der Waals surface area contributed by atoms with E-state index in [-0.39, 0.29) is 22.1 Å². The van der Waals surface area contributed by atoms with Crippen molar-refractivity contribution in [1.82, 2.24) is 10.2 Å². The number of hydrogen-bond acceptors (Lipinski definition) is 6. The van der Waals surface area contributed by atoms with Crippen LogP contribution in [0.4, 0.5) is 10.1 Å². The number of anilines is 1. The number of carbonyl (C=O) groups is 2. The lowest BCUT2D eigenvalue weighted by Crippen LogP contribution is -2.49. The van der Waals surface area contributed by atoms with Crippen LogP contribution in [0.15, 0.2) is 71.8 Å². The van der Waals surface area contributed by atoms with Crippen molar-refractivity contribution in [2.45, 2.75) is 37.0 Å². The standard InChI is InChI=1S/C29H31ClFN3O4/c1-37-28(36)26-25(27(35)32-11-14-34-12-5-6-13-34)23-9-10-29(26,38-23)24(15-19-7-3-2-4-8-19)33-22-17-20(30)16-21(31)18-22/h2-4,7-10,16-18,23-24,33H,5-6,11-15H2,1H3,(H,32,35). The molecule has 9 heteroatoms. The molecule has 3 atom stereocenters. The molecule has 38 heavy (non-hydrogen) atoms. The van der Waals surface area contributed by atoms with Crippen LogP contribution in [0, 0.1) is 5.82 Å². The summed E-state index contributed by atoms with van der Waals surface area (Å²) in [4.78, 5) is 29.0. The number of fused-ring (bicyclic) bond motifs is 2. The highest BCUT2D eigenvalue weighted by molar-refractivity contribution is 6.30. The molecule has 2 bridgehead atoms. The van der Waals surface area contributed by atoms with Crippen LogP contribution in [0.25, 0.3) is 0 Å². The molecule has 2 N–H and O–H groups in total. The fourth-order valence-electron chi connectivity index (χ4n) is 5.58. The molecule has 0 spiro atoms. The third-order valence-electron chi connectivity index (χ3n) is 7.34. The summed E-state index contributed by atoms with van der Waals surface area (Å²) in [7, 11) is 1.29. The molecular formula is C29H31ClFN3O4. The predicted octanol–water partition coefficient (Wildman–Crippen LogP) is 3.89. The zero-order valence-electron chi connectivity index (χ0n) is 21.2. The molecule has 0 saturated carbocycles. The van der Waals surface area contributed by atoms with Gasteiger partial charge in [0.05, 0.1) is 24.3 Å². The Balaban J connectivity index is 1.49. The van der Waals surface area contributed by atoms with Gasteiger partial charge in [0.1, 0.15) is 17.5 Å². The molecule has 1 amide bonds. The molecule has 2 aromatic rings. The minimum atomic E-state index is -1.31. The number of nitrogens with zero attached hydrogens (tertiary/aromatic N) is 1. The van der Waals surface area contributed by atoms with Gasteiger partial charge in [-0.15, -0.1) is 0 Å². The number of methoxy groups -OCH3 is 1. The maximum absolute atomic E-state index is 14.2. The van der Waals surface area contributed by atoms with Gasteiger partial charge in [-0.25, -0.2) is 9.18 Å². The largest absolute Gasteiger partial charge is 0.466 e. The van der Waals surface area contributed by atoms with Crippen molar-refractivity contribution in [1.29, 1.82) is 0 Å². The summed E-state index contributed by atoms with van der Waals surface area (Å²) in [5, 5.41) is 6.54. The highest BCUT2D eigenvalue weighted by Gasteiger charge is 2.58. The van der Waals surface area contributed by atoms with Gasteiger partial charge in [-0.3, -0.25) is 4.79 Å². The van der Waals surface area contributed by atoms with E-state index in [9.17, 15) is 14.0 Å². The number of carbonyl (C=O) groups excluding carboxylic acids is 2. The first kappa shape index (κ1) is 26.4. The number of rotatable bonds is 10. The summed E-state index contributed by atoms with van der Waals surface area (Å²) in [5.41, 5.74) is 0.488. The Kier molecular flexibility index (Phi) is 7.83. The van der Waals surface area contributed by atoms with Crippen LogP contribution >= 0.6 is 11.6 Å². The van der Waals surface area contributed by atoms with Gasteiger partial charge in [0, 0.05) is 23.8 Å². The average Bonchev–Trinajstić information content (AvgIpc) is 3.64. The second kappa shape index (κ2) is 11.3. The van der Waals surface area contributed by atoms with Crippen molar-refractivity contribution in [2.24, 2.45) is 0 Å². The normalized spacial score (nSPS) is 23.1. The third kappa shape index (κ3) is 5.34. The Hall–Kier alpha value is -3.20. The van der Waals surface area contributed by atoms with E-state index >= 15 is 0 Å². The van der Waals surface area contributed by atoms with E-state index in [1.165, 1.54) is 32.1 Å². The fourth-order valence-corrected chi connectivity index (χ4v) is 5.80. The zero-order chi connectivity index (χ0) is 26.7. The van der Waals surface area contributed by atoms with Gasteiger partial charge in [-0.1, -0.05) is 48.0 Å². The quantitative estimate of drug-likeness (QED) is 0.352. The van der Waals surface area contributed by atoms with Crippen LogP contribution in [0.5, 0.6) is 0 Å². The van der Waals surface area contributed by atoms with E-state index in [1.807, 2.05) is 30.3 Å². The minimum Gasteiger partial charge on any atom is -0.466 e. The molecular weight excluding hydrogens is 509 g/mol. The van der Waals surface area contributed by atoms with Crippen molar-refractivity contribution in [3.05, 3.63) is 88.2 Å². The summed E-state index contributed by atoms with van der Waals surface area (Å²) in [5.74, 6) is -1.49. The van der Waals surface area contributed by atoms with E-state index in [4.69, 9.17) is 21.1 Å². The molecule has 3 unspecified atom stereocenters. The average molecular weight is 540 g/mol. The van der Waals surface area contributed by atoms with Gasteiger partial charge in [0.2, 0.25) is 0 Å². The number of benzene rings is 2. The minimum absolute atomic E-state index is 0.155. The third-order valence-corrected chi connectivity index (χ3v) is 7.55. The molecule has 0 aromatic heterocycles. The monoisotopic (exact) mass is 539 g/mol. The second-order valence-electron chi connectivity index (χ2n) is 9.82. The Morgan fingerprint density at radius 1 is 1.21 bits per heavy atom. The zero-order valence-corrected chi connectivity index (χ0v) is 22.0. The molecule has 3 aliphatic rings. The molecule has 5 rings (SSSR count). The van der Waals surface area contributed by atoms with Gasteiger partial charge >= 0.3 is 5.97 Å². The summed E-state index contributed by atoms with van der Waals surface area (Å²) in [6, 6.07) is 13.2. The van der Waals surface area contributed by atoms with Crippen molar-refractivity contribution in [2.75, 3.05) is 38.6 Å². The van der Waals surface area contributed by atoms with Crippen LogP contribution in [-0.2, 0) is 25.5 Å². The van der Waals surface area contributed by atoms with Gasteiger partial charge in [-0.05, 0) is 62.2 Å². The molecule has 1 saturated heterocycles. The van der Waals surface area contributed by atoms with Crippen LogP contribution in [0.1, 0.15) is 18.4 Å². The Morgan fingerprint density at radius 3 is 2.68 bits per heavy atom. The number of likely N-dealkylation sites (tertiary alicyclic amines) is 1. The molecule has 200 valence electrons. The Labute approximate surface area is 226 Å². The van der Waals surface area contributed by atoms with E-state index in [1.54, 1.807) is 18.2 Å². The maximum atomic E-state index is 14.2. The van der Waals surface area contributed by atoms with E-state index in [2.05, 4.69) is 15.5 Å². The lowest BCUT2D eigenvalue weighted by molar-refractivity contribution is -0.138. The smallest absolute Gasteiger partial charge is 0.337 e. The maximum Gasteiger partial charge on any atom is 0.337 e. The van der Waals surface area contributed by atoms with E-state index < -0.39 is 29.5 Å². The molecule has 7 nitrogen and oxygen atoms in total. The Bertz CT molecular complexity index is 1240. The molecule has 0 radical (unpaired) electrons. The van der Waals surface area contributed by atoms with Gasteiger partial charge < -0.3 is 25.0 Å². The predicted molar refractivity (Wildman–Crippen MR) is 143 cm³/mol. The molecule has 1 fully saturated rings. The topological polar surface area (TPSA) is 79.9 Å². The number of nitrogens with one attached hydrogen (secondary N) is 2. The number of ether oxygens (including phenoxy) is 2. The molecule has 0 aliphatic carbocycles. The van der Waals surface area contributed by atoms with E-state index in [0.717, 1.165) is 25.2 Å². The highest BCUT2D eigenvalue weighted by Crippen LogP contribution is 2.47. The SMILES string of the molecule is COC(=O)C1=C(C(=O)NCCN2CCCC2)C2C=CC1(C(Cc1ccccc1)Nc1cc(F)cc(Cl)c1)O2. The number of amides is 1. The van der Waals surface area contributed by atoms with Crippen LogP contribution < -0.4 is 10.6 Å². The fraction of sp³-hybridized carbons (Fsp3) is 0.379. The number of esters is 1. The highest BCUT2D eigenvalue weighted by atomic mass is 35.5. The van der Waals surface area contributed by atoms with Crippen molar-refractivity contribution in [3.63, 3.8) is 0 Å². The molecule has 3 aliphatic heterocycles. The van der Waals surface area contributed by atoms with Gasteiger partial charge in [-0.2, -0.15) is 0 Å². The Morgan fingerprint density at radius 2 is 1.97 bits per heavy atom. The van der Waals surface area contributed by atoms with Crippen molar-refractivity contribution < 1.29 is 23.5 Å². The first-order chi connectivity index (χ1) is 18.4. The number of hydrogen-bond donors (Lipinski definition) is 2. The lowest BCUT2D eigenvalue weighted by Gasteiger charge is -2.36.